The van der Waals surface area contributed by atoms with Crippen molar-refractivity contribution >= 4 is 0 Å². The number of piperidine rings is 1. The van der Waals surface area contributed by atoms with Crippen LogP contribution in [0.4, 0.5) is 0 Å². The highest BCUT2D eigenvalue weighted by atomic mass is 16.5. The van der Waals surface area contributed by atoms with E-state index >= 15 is 0 Å². The van der Waals surface area contributed by atoms with Gasteiger partial charge < -0.3 is 15.0 Å². The number of hydrogen-bond acceptors (Lipinski definition) is 3. The van der Waals surface area contributed by atoms with Gasteiger partial charge in [0.15, 0.2) is 0 Å². The number of benzene rings is 1. The lowest BCUT2D eigenvalue weighted by Crippen LogP contribution is -2.45. The SMILES string of the molecule is CC1CC(NCCCOc2ccccc2)CCN1C. The lowest BCUT2D eigenvalue weighted by molar-refractivity contribution is 0.167. The molecule has 1 saturated heterocycles. The average molecular weight is 262 g/mol. The topological polar surface area (TPSA) is 24.5 Å². The smallest absolute Gasteiger partial charge is 0.119 e. The van der Waals surface area contributed by atoms with Gasteiger partial charge in [-0.15, -0.1) is 0 Å². The first-order valence-electron chi connectivity index (χ1n) is 7.37. The molecule has 2 atom stereocenters. The van der Waals surface area contributed by atoms with E-state index < -0.39 is 0 Å². The molecule has 1 aromatic rings. The Morgan fingerprint density at radius 1 is 1.32 bits per heavy atom. The first kappa shape index (κ1) is 14.4. The van der Waals surface area contributed by atoms with Crippen LogP contribution in [0.3, 0.4) is 0 Å². The van der Waals surface area contributed by atoms with Gasteiger partial charge in [-0.3, -0.25) is 0 Å². The minimum absolute atomic E-state index is 0.683. The third kappa shape index (κ3) is 4.84. The van der Waals surface area contributed by atoms with Crippen LogP contribution in [-0.4, -0.2) is 43.7 Å². The number of nitrogens with zero attached hydrogens (tertiary/aromatic N) is 1. The van der Waals surface area contributed by atoms with Crippen molar-refractivity contribution < 1.29 is 4.74 Å². The second kappa shape index (κ2) is 7.51. The third-order valence-electron chi connectivity index (χ3n) is 3.97. The van der Waals surface area contributed by atoms with Crippen molar-refractivity contribution in [1.82, 2.24) is 10.2 Å². The van der Waals surface area contributed by atoms with Crippen LogP contribution in [0.2, 0.25) is 0 Å². The molecule has 1 aliphatic heterocycles. The fraction of sp³-hybridized carbons (Fsp3) is 0.625. The lowest BCUT2D eigenvalue weighted by Gasteiger charge is -2.35. The molecule has 3 nitrogen and oxygen atoms in total. The number of para-hydroxylation sites is 1. The van der Waals surface area contributed by atoms with Gasteiger partial charge in [-0.1, -0.05) is 18.2 Å². The number of likely N-dealkylation sites (tertiary alicyclic amines) is 1. The summed E-state index contributed by atoms with van der Waals surface area (Å²) in [6.45, 7) is 5.36. The summed E-state index contributed by atoms with van der Waals surface area (Å²) in [7, 11) is 2.22. The summed E-state index contributed by atoms with van der Waals surface area (Å²) in [5, 5.41) is 3.65. The van der Waals surface area contributed by atoms with Gasteiger partial charge in [0.05, 0.1) is 6.61 Å². The molecule has 0 bridgehead atoms. The summed E-state index contributed by atoms with van der Waals surface area (Å²) in [4.78, 5) is 2.44. The zero-order valence-electron chi connectivity index (χ0n) is 12.1. The fourth-order valence-corrected chi connectivity index (χ4v) is 2.56. The van der Waals surface area contributed by atoms with E-state index in [0.717, 1.165) is 25.3 Å². The molecule has 0 saturated carbocycles. The minimum Gasteiger partial charge on any atom is -0.494 e. The van der Waals surface area contributed by atoms with Gasteiger partial charge in [0.2, 0.25) is 0 Å². The molecule has 1 aliphatic rings. The molecule has 19 heavy (non-hydrogen) atoms. The molecule has 0 aliphatic carbocycles. The first-order chi connectivity index (χ1) is 9.25. The van der Waals surface area contributed by atoms with Crippen LogP contribution < -0.4 is 10.1 Å². The molecule has 1 N–H and O–H groups in total. The minimum atomic E-state index is 0.683. The van der Waals surface area contributed by atoms with Gasteiger partial charge in [0, 0.05) is 12.1 Å². The number of nitrogens with one attached hydrogen (secondary N) is 1. The summed E-state index contributed by atoms with van der Waals surface area (Å²) >= 11 is 0. The molecule has 0 spiro atoms. The van der Waals surface area contributed by atoms with Crippen LogP contribution in [0.15, 0.2) is 30.3 Å². The van der Waals surface area contributed by atoms with E-state index in [0.29, 0.717) is 12.1 Å². The van der Waals surface area contributed by atoms with Crippen molar-refractivity contribution in [2.24, 2.45) is 0 Å². The molecule has 106 valence electrons. The van der Waals surface area contributed by atoms with Gasteiger partial charge in [0.25, 0.3) is 0 Å². The van der Waals surface area contributed by atoms with E-state index in [1.54, 1.807) is 0 Å². The molecular weight excluding hydrogens is 236 g/mol. The highest BCUT2D eigenvalue weighted by Gasteiger charge is 2.21. The number of ether oxygens (including phenoxy) is 1. The summed E-state index contributed by atoms with van der Waals surface area (Å²) in [6.07, 6.45) is 3.59. The van der Waals surface area contributed by atoms with E-state index in [1.165, 1.54) is 19.4 Å². The second-order valence-electron chi connectivity index (χ2n) is 5.52. The van der Waals surface area contributed by atoms with E-state index in [4.69, 9.17) is 4.74 Å². The van der Waals surface area contributed by atoms with Gasteiger partial charge in [-0.05, 0) is 58.5 Å². The van der Waals surface area contributed by atoms with Gasteiger partial charge in [-0.25, -0.2) is 0 Å². The largest absolute Gasteiger partial charge is 0.494 e. The number of rotatable bonds is 6. The van der Waals surface area contributed by atoms with Crippen LogP contribution in [-0.2, 0) is 0 Å². The summed E-state index contributed by atoms with van der Waals surface area (Å²) in [5.74, 6) is 0.968. The Balaban J connectivity index is 1.55. The molecule has 0 radical (unpaired) electrons. The molecule has 3 heteroatoms. The quantitative estimate of drug-likeness (QED) is 0.797. The lowest BCUT2D eigenvalue weighted by atomic mass is 9.99. The predicted octanol–water partition coefficient (Wildman–Crippen LogP) is 2.53. The fourth-order valence-electron chi connectivity index (χ4n) is 2.56. The molecule has 0 aromatic heterocycles. The Labute approximate surface area is 116 Å². The average Bonchev–Trinajstić information content (AvgIpc) is 2.43. The molecule has 1 aromatic carbocycles. The zero-order chi connectivity index (χ0) is 13.5. The molecular formula is C16H26N2O. The summed E-state index contributed by atoms with van der Waals surface area (Å²) in [5.41, 5.74) is 0. The Kier molecular flexibility index (Phi) is 5.67. The van der Waals surface area contributed by atoms with Crippen LogP contribution >= 0.6 is 0 Å². The van der Waals surface area contributed by atoms with E-state index in [-0.39, 0.29) is 0 Å². The molecule has 0 amide bonds. The van der Waals surface area contributed by atoms with Crippen molar-refractivity contribution in [3.63, 3.8) is 0 Å². The maximum absolute atomic E-state index is 5.69. The van der Waals surface area contributed by atoms with Crippen LogP contribution in [0.5, 0.6) is 5.75 Å². The number of hydrogen-bond donors (Lipinski definition) is 1. The predicted molar refractivity (Wildman–Crippen MR) is 79.7 cm³/mol. The molecule has 2 unspecified atom stereocenters. The molecule has 1 fully saturated rings. The Morgan fingerprint density at radius 2 is 2.11 bits per heavy atom. The Morgan fingerprint density at radius 3 is 2.84 bits per heavy atom. The monoisotopic (exact) mass is 262 g/mol. The van der Waals surface area contributed by atoms with Crippen LogP contribution in [0.1, 0.15) is 26.2 Å². The second-order valence-corrected chi connectivity index (χ2v) is 5.52. The van der Waals surface area contributed by atoms with Crippen molar-refractivity contribution in [3.8, 4) is 5.75 Å². The standard InChI is InChI=1S/C16H26N2O/c1-14-13-15(9-11-18(14)2)17-10-6-12-19-16-7-4-3-5-8-16/h3-5,7-8,14-15,17H,6,9-13H2,1-2H3. The maximum Gasteiger partial charge on any atom is 0.119 e. The van der Waals surface area contributed by atoms with Crippen LogP contribution in [0, 0.1) is 0 Å². The van der Waals surface area contributed by atoms with Crippen LogP contribution in [0.25, 0.3) is 0 Å². The summed E-state index contributed by atoms with van der Waals surface area (Å²) < 4.78 is 5.69. The van der Waals surface area contributed by atoms with Gasteiger partial charge >= 0.3 is 0 Å². The van der Waals surface area contributed by atoms with Gasteiger partial charge in [-0.2, -0.15) is 0 Å². The van der Waals surface area contributed by atoms with E-state index in [2.05, 4.69) is 24.2 Å². The molecule has 1 heterocycles. The van der Waals surface area contributed by atoms with E-state index in [9.17, 15) is 0 Å². The van der Waals surface area contributed by atoms with E-state index in [1.807, 2.05) is 30.3 Å². The molecule has 2 rings (SSSR count). The maximum atomic E-state index is 5.69. The Bertz CT molecular complexity index is 355. The highest BCUT2D eigenvalue weighted by molar-refractivity contribution is 5.20. The van der Waals surface area contributed by atoms with Crippen molar-refractivity contribution in [2.75, 3.05) is 26.7 Å². The highest BCUT2D eigenvalue weighted by Crippen LogP contribution is 2.15. The van der Waals surface area contributed by atoms with Crippen molar-refractivity contribution in [1.29, 1.82) is 0 Å². The third-order valence-corrected chi connectivity index (χ3v) is 3.97. The normalized spacial score (nSPS) is 24.3. The van der Waals surface area contributed by atoms with Crippen molar-refractivity contribution in [3.05, 3.63) is 30.3 Å². The van der Waals surface area contributed by atoms with Gasteiger partial charge in [0.1, 0.15) is 5.75 Å². The zero-order valence-corrected chi connectivity index (χ0v) is 12.1. The summed E-state index contributed by atoms with van der Waals surface area (Å²) in [6, 6.07) is 11.4. The van der Waals surface area contributed by atoms with Crippen molar-refractivity contribution in [2.45, 2.75) is 38.3 Å². The first-order valence-corrected chi connectivity index (χ1v) is 7.37. The Hall–Kier alpha value is -1.06.